The van der Waals surface area contributed by atoms with E-state index in [1.807, 2.05) is 5.38 Å². The fraction of sp³-hybridized carbons (Fsp3) is 0.421. The Labute approximate surface area is 156 Å². The minimum Gasteiger partial charge on any atom is -0.482 e. The van der Waals surface area contributed by atoms with Crippen molar-refractivity contribution in [3.8, 4) is 5.75 Å². The van der Waals surface area contributed by atoms with Crippen LogP contribution in [0.3, 0.4) is 0 Å². The number of ether oxygens (including phenoxy) is 1. The first-order valence-electron chi connectivity index (χ1n) is 8.88. The van der Waals surface area contributed by atoms with Gasteiger partial charge in [0.05, 0.1) is 9.80 Å². The molecule has 7 heteroatoms. The lowest BCUT2D eigenvalue weighted by Crippen LogP contribution is -2.33. The van der Waals surface area contributed by atoms with E-state index in [1.165, 1.54) is 43.1 Å². The average molecular weight is 374 g/mol. The van der Waals surface area contributed by atoms with Crippen LogP contribution in [0.5, 0.6) is 5.75 Å². The highest BCUT2D eigenvalue weighted by molar-refractivity contribution is 7.12. The molecule has 0 saturated heterocycles. The number of nitro benzene ring substituents is 1. The maximum Gasteiger partial charge on any atom is 0.310 e. The van der Waals surface area contributed by atoms with Crippen molar-refractivity contribution in [2.75, 3.05) is 0 Å². The van der Waals surface area contributed by atoms with Gasteiger partial charge in [-0.1, -0.05) is 37.8 Å². The van der Waals surface area contributed by atoms with Gasteiger partial charge in [0.1, 0.15) is 6.61 Å². The van der Waals surface area contributed by atoms with Gasteiger partial charge in [-0.2, -0.15) is 0 Å². The molecule has 1 heterocycles. The maximum atomic E-state index is 12.4. The lowest BCUT2D eigenvalue weighted by molar-refractivity contribution is -0.385. The summed E-state index contributed by atoms with van der Waals surface area (Å²) in [6.45, 7) is 0.193. The number of benzene rings is 1. The predicted molar refractivity (Wildman–Crippen MR) is 101 cm³/mol. The van der Waals surface area contributed by atoms with E-state index in [1.54, 1.807) is 24.3 Å². The highest BCUT2D eigenvalue weighted by atomic mass is 32.1. The average Bonchev–Trinajstić information content (AvgIpc) is 2.97. The van der Waals surface area contributed by atoms with Crippen LogP contribution in [0.1, 0.15) is 53.8 Å². The van der Waals surface area contributed by atoms with Gasteiger partial charge < -0.3 is 10.1 Å². The first-order chi connectivity index (χ1) is 12.6. The van der Waals surface area contributed by atoms with Gasteiger partial charge in [0.15, 0.2) is 5.75 Å². The van der Waals surface area contributed by atoms with Crippen molar-refractivity contribution in [2.45, 2.75) is 51.2 Å². The number of rotatable bonds is 6. The Kier molecular flexibility index (Phi) is 6.22. The third kappa shape index (κ3) is 4.82. The molecule has 1 aromatic heterocycles. The second-order valence-electron chi connectivity index (χ2n) is 6.49. The van der Waals surface area contributed by atoms with Gasteiger partial charge in [0.25, 0.3) is 5.91 Å². The highest BCUT2D eigenvalue weighted by Gasteiger charge is 2.18. The Bertz CT molecular complexity index is 766. The van der Waals surface area contributed by atoms with Gasteiger partial charge in [0.2, 0.25) is 0 Å². The molecule has 1 aliphatic rings. The number of amides is 1. The summed E-state index contributed by atoms with van der Waals surface area (Å²) < 4.78 is 5.58. The molecule has 1 saturated carbocycles. The van der Waals surface area contributed by atoms with Crippen molar-refractivity contribution >= 4 is 22.9 Å². The van der Waals surface area contributed by atoms with E-state index < -0.39 is 4.92 Å². The standard InChI is InChI=1S/C19H22N2O4S/c22-19(20-15-7-3-1-2-4-8-15)18-11-14(13-26-18)12-25-17-10-6-5-9-16(17)21(23)24/h5-6,9-11,13,15H,1-4,7-8,12H2,(H,20,22). The molecule has 6 nitrogen and oxygen atoms in total. The molecule has 26 heavy (non-hydrogen) atoms. The van der Waals surface area contributed by atoms with Crippen LogP contribution >= 0.6 is 11.3 Å². The van der Waals surface area contributed by atoms with Crippen molar-refractivity contribution in [3.05, 3.63) is 56.3 Å². The Morgan fingerprint density at radius 2 is 1.96 bits per heavy atom. The summed E-state index contributed by atoms with van der Waals surface area (Å²) in [7, 11) is 0. The summed E-state index contributed by atoms with van der Waals surface area (Å²) >= 11 is 1.37. The summed E-state index contributed by atoms with van der Waals surface area (Å²) in [5.41, 5.74) is 0.772. The predicted octanol–water partition coefficient (Wildman–Crippen LogP) is 4.69. The van der Waals surface area contributed by atoms with Crippen LogP contribution in [0.25, 0.3) is 0 Å². The molecule has 1 aliphatic carbocycles. The zero-order valence-electron chi connectivity index (χ0n) is 14.5. The quantitative estimate of drug-likeness (QED) is 0.452. The third-order valence-electron chi connectivity index (χ3n) is 4.52. The maximum absolute atomic E-state index is 12.4. The molecule has 3 rings (SSSR count). The number of para-hydroxylation sites is 2. The van der Waals surface area contributed by atoms with E-state index in [2.05, 4.69) is 5.32 Å². The number of nitrogens with zero attached hydrogens (tertiary/aromatic N) is 1. The Balaban J connectivity index is 1.57. The van der Waals surface area contributed by atoms with Crippen molar-refractivity contribution < 1.29 is 14.5 Å². The fourth-order valence-electron chi connectivity index (χ4n) is 3.14. The molecular weight excluding hydrogens is 352 g/mol. The zero-order chi connectivity index (χ0) is 18.4. The molecule has 0 aliphatic heterocycles. The van der Waals surface area contributed by atoms with Crippen molar-refractivity contribution in [3.63, 3.8) is 0 Å². The lowest BCUT2D eigenvalue weighted by Gasteiger charge is -2.15. The monoisotopic (exact) mass is 374 g/mol. The number of carbonyl (C=O) groups is 1. The molecular formula is C19H22N2O4S. The SMILES string of the molecule is O=C(NC1CCCCCC1)c1cc(COc2ccccc2[N+](=O)[O-])cs1. The van der Waals surface area contributed by atoms with Crippen molar-refractivity contribution in [2.24, 2.45) is 0 Å². The summed E-state index contributed by atoms with van der Waals surface area (Å²) in [6, 6.07) is 8.34. The Morgan fingerprint density at radius 3 is 2.69 bits per heavy atom. The van der Waals surface area contributed by atoms with Crippen LogP contribution in [0, 0.1) is 10.1 Å². The van der Waals surface area contributed by atoms with Gasteiger partial charge in [-0.3, -0.25) is 14.9 Å². The molecule has 0 atom stereocenters. The van der Waals surface area contributed by atoms with Crippen LogP contribution in [-0.2, 0) is 6.61 Å². The van der Waals surface area contributed by atoms with Gasteiger partial charge >= 0.3 is 5.69 Å². The summed E-state index contributed by atoms with van der Waals surface area (Å²) in [6.07, 6.45) is 6.93. The van der Waals surface area contributed by atoms with Gasteiger partial charge in [-0.05, 0) is 30.4 Å². The van der Waals surface area contributed by atoms with E-state index in [0.29, 0.717) is 4.88 Å². The molecule has 1 amide bonds. The number of carbonyl (C=O) groups excluding carboxylic acids is 1. The fourth-order valence-corrected chi connectivity index (χ4v) is 3.94. The molecule has 0 bridgehead atoms. The number of nitrogens with one attached hydrogen (secondary N) is 1. The van der Waals surface area contributed by atoms with Crippen LogP contribution in [0.2, 0.25) is 0 Å². The van der Waals surface area contributed by atoms with Crippen LogP contribution in [0.4, 0.5) is 5.69 Å². The normalized spacial score (nSPS) is 15.2. The van der Waals surface area contributed by atoms with E-state index in [0.717, 1.165) is 18.4 Å². The number of hydrogen-bond donors (Lipinski definition) is 1. The third-order valence-corrected chi connectivity index (χ3v) is 5.50. The van der Waals surface area contributed by atoms with Crippen LogP contribution in [0.15, 0.2) is 35.7 Å². The van der Waals surface area contributed by atoms with E-state index >= 15 is 0 Å². The molecule has 2 aromatic rings. The van der Waals surface area contributed by atoms with Crippen LogP contribution in [-0.4, -0.2) is 16.9 Å². The summed E-state index contributed by atoms with van der Waals surface area (Å²) in [5.74, 6) is 0.187. The topological polar surface area (TPSA) is 81.5 Å². The molecule has 0 spiro atoms. The summed E-state index contributed by atoms with van der Waals surface area (Å²) in [5, 5.41) is 16.0. The smallest absolute Gasteiger partial charge is 0.310 e. The lowest BCUT2D eigenvalue weighted by atomic mass is 10.1. The van der Waals surface area contributed by atoms with Gasteiger partial charge in [-0.15, -0.1) is 11.3 Å². The Morgan fingerprint density at radius 1 is 1.23 bits per heavy atom. The second-order valence-corrected chi connectivity index (χ2v) is 7.41. The van der Waals surface area contributed by atoms with Crippen molar-refractivity contribution in [1.82, 2.24) is 5.32 Å². The van der Waals surface area contributed by atoms with Crippen LogP contribution < -0.4 is 10.1 Å². The highest BCUT2D eigenvalue weighted by Crippen LogP contribution is 2.27. The van der Waals surface area contributed by atoms with E-state index in [9.17, 15) is 14.9 Å². The minimum atomic E-state index is -0.464. The number of hydrogen-bond acceptors (Lipinski definition) is 5. The van der Waals surface area contributed by atoms with Crippen molar-refractivity contribution in [1.29, 1.82) is 0 Å². The molecule has 0 unspecified atom stereocenters. The molecule has 1 aromatic carbocycles. The van der Waals surface area contributed by atoms with E-state index in [4.69, 9.17) is 4.74 Å². The molecule has 1 fully saturated rings. The Hall–Kier alpha value is -2.41. The second kappa shape index (κ2) is 8.80. The summed E-state index contributed by atoms with van der Waals surface area (Å²) in [4.78, 5) is 23.6. The van der Waals surface area contributed by atoms with E-state index in [-0.39, 0.29) is 30.0 Å². The molecule has 1 N–H and O–H groups in total. The zero-order valence-corrected chi connectivity index (χ0v) is 15.3. The first-order valence-corrected chi connectivity index (χ1v) is 9.76. The van der Waals surface area contributed by atoms with Gasteiger partial charge in [0, 0.05) is 17.7 Å². The number of nitro groups is 1. The first kappa shape index (κ1) is 18.4. The number of thiophene rings is 1. The largest absolute Gasteiger partial charge is 0.482 e. The molecule has 0 radical (unpaired) electrons. The van der Waals surface area contributed by atoms with Gasteiger partial charge in [-0.25, -0.2) is 0 Å². The molecule has 138 valence electrons. The minimum absolute atomic E-state index is 0.0427.